The third-order valence-corrected chi connectivity index (χ3v) is 6.14. The van der Waals surface area contributed by atoms with Crippen LogP contribution in [-0.4, -0.2) is 31.8 Å². The molecular weight excluding hydrogens is 450 g/mol. The molecule has 0 saturated carbocycles. The van der Waals surface area contributed by atoms with Crippen LogP contribution in [0.3, 0.4) is 0 Å². The van der Waals surface area contributed by atoms with E-state index in [-0.39, 0.29) is 11.0 Å². The fraction of sp³-hybridized carbons (Fsp3) is 0.231. The van der Waals surface area contributed by atoms with Crippen molar-refractivity contribution in [2.75, 3.05) is 18.1 Å². The molecule has 0 spiro atoms. The summed E-state index contributed by atoms with van der Waals surface area (Å²) < 4.78 is 31.3. The normalized spacial score (nSPS) is 12.0. The number of methoxy groups -OCH3 is 1. The molecule has 0 aliphatic heterocycles. The number of pyridine rings is 2. The Labute approximate surface area is 198 Å². The van der Waals surface area contributed by atoms with E-state index < -0.39 is 10.0 Å². The van der Waals surface area contributed by atoms with Crippen molar-refractivity contribution in [3.63, 3.8) is 0 Å². The molecule has 34 heavy (non-hydrogen) atoms. The maximum Gasteiger partial charge on any atom is 0.255 e. The minimum Gasteiger partial charge on any atom is -0.494 e. The fourth-order valence-corrected chi connectivity index (χ4v) is 4.53. The monoisotopic (exact) mass is 477 g/mol. The van der Waals surface area contributed by atoms with Gasteiger partial charge in [0.2, 0.25) is 10.0 Å². The Morgan fingerprint density at radius 3 is 2.29 bits per heavy atom. The number of hydrogen-bond donors (Lipinski definition) is 2. The molecule has 0 aliphatic carbocycles. The zero-order chi connectivity index (χ0) is 24.7. The van der Waals surface area contributed by atoms with E-state index in [1.165, 1.54) is 0 Å². The summed E-state index contributed by atoms with van der Waals surface area (Å²) in [4.78, 5) is 20.3. The predicted octanol–water partition coefficient (Wildman–Crippen LogP) is 4.93. The average Bonchev–Trinajstić information content (AvgIpc) is 2.77. The number of rotatable bonds is 5. The van der Waals surface area contributed by atoms with Crippen molar-refractivity contribution in [3.8, 4) is 28.1 Å². The highest BCUT2D eigenvalue weighted by atomic mass is 32.2. The minimum atomic E-state index is -3.36. The molecular formula is C26H27N3O4S. The molecule has 4 aromatic rings. The summed E-state index contributed by atoms with van der Waals surface area (Å²) in [6.45, 7) is 6.27. The molecule has 0 saturated heterocycles. The molecule has 0 radical (unpaired) electrons. The van der Waals surface area contributed by atoms with Gasteiger partial charge >= 0.3 is 0 Å². The maximum atomic E-state index is 12.6. The van der Waals surface area contributed by atoms with Crippen LogP contribution in [0.4, 0.5) is 5.69 Å². The number of nitrogens with one attached hydrogen (secondary N) is 2. The van der Waals surface area contributed by atoms with Crippen LogP contribution in [0.15, 0.2) is 65.6 Å². The standard InChI is InChI=1S/C26H27N3O4S/c1-26(2,3)21-15-20(19-7-6-14-27-25(19)30)18-12-13-22(28-23(18)24(21)33-4)16-8-10-17(11-9-16)29-34(5,31)32/h6-15,29H,1-5H3,(H,27,30). The van der Waals surface area contributed by atoms with Crippen molar-refractivity contribution in [2.24, 2.45) is 0 Å². The van der Waals surface area contributed by atoms with Crippen molar-refractivity contribution >= 4 is 26.6 Å². The van der Waals surface area contributed by atoms with E-state index >= 15 is 0 Å². The lowest BCUT2D eigenvalue weighted by molar-refractivity contribution is 0.402. The van der Waals surface area contributed by atoms with Crippen molar-refractivity contribution < 1.29 is 13.2 Å². The molecule has 0 aliphatic rings. The number of aromatic amines is 1. The Morgan fingerprint density at radius 2 is 1.71 bits per heavy atom. The Hall–Kier alpha value is -3.65. The number of nitrogens with zero attached hydrogens (tertiary/aromatic N) is 1. The van der Waals surface area contributed by atoms with Crippen LogP contribution in [0.1, 0.15) is 26.3 Å². The van der Waals surface area contributed by atoms with Gasteiger partial charge in [-0.1, -0.05) is 32.9 Å². The van der Waals surface area contributed by atoms with Crippen molar-refractivity contribution in [3.05, 3.63) is 76.7 Å². The molecule has 4 rings (SSSR count). The maximum absolute atomic E-state index is 12.6. The summed E-state index contributed by atoms with van der Waals surface area (Å²) in [6.07, 6.45) is 2.72. The van der Waals surface area contributed by atoms with Crippen LogP contribution in [0.5, 0.6) is 5.75 Å². The third kappa shape index (κ3) is 4.68. The van der Waals surface area contributed by atoms with Crippen LogP contribution in [0, 0.1) is 0 Å². The van der Waals surface area contributed by atoms with E-state index in [2.05, 4.69) is 30.5 Å². The smallest absolute Gasteiger partial charge is 0.255 e. The highest BCUT2D eigenvalue weighted by Gasteiger charge is 2.25. The van der Waals surface area contributed by atoms with Gasteiger partial charge < -0.3 is 9.72 Å². The first-order valence-corrected chi connectivity index (χ1v) is 12.7. The molecule has 7 nitrogen and oxygen atoms in total. The Bertz CT molecular complexity index is 1530. The Balaban J connectivity index is 1.96. The quantitative estimate of drug-likeness (QED) is 0.424. The number of ether oxygens (including phenoxy) is 1. The fourth-order valence-electron chi connectivity index (χ4n) is 3.97. The second kappa shape index (κ2) is 8.61. The molecule has 0 unspecified atom stereocenters. The van der Waals surface area contributed by atoms with Crippen molar-refractivity contribution in [1.82, 2.24) is 9.97 Å². The highest BCUT2D eigenvalue weighted by molar-refractivity contribution is 7.92. The Kier molecular flexibility index (Phi) is 5.95. The van der Waals surface area contributed by atoms with Gasteiger partial charge in [0, 0.05) is 34.0 Å². The van der Waals surface area contributed by atoms with E-state index in [0.29, 0.717) is 28.2 Å². The molecule has 0 atom stereocenters. The summed E-state index contributed by atoms with van der Waals surface area (Å²) in [5.74, 6) is 0.663. The average molecular weight is 478 g/mol. The molecule has 0 bridgehead atoms. The zero-order valence-corrected chi connectivity index (χ0v) is 20.6. The first-order chi connectivity index (χ1) is 16.0. The van der Waals surface area contributed by atoms with Gasteiger partial charge in [0.25, 0.3) is 5.56 Å². The molecule has 0 amide bonds. The minimum absolute atomic E-state index is 0.174. The van der Waals surface area contributed by atoms with Crippen LogP contribution < -0.4 is 15.0 Å². The number of H-pyrrole nitrogens is 1. The van der Waals surface area contributed by atoms with Crippen LogP contribution in [0.25, 0.3) is 33.3 Å². The summed E-state index contributed by atoms with van der Waals surface area (Å²) in [6, 6.07) is 16.5. The predicted molar refractivity (Wildman–Crippen MR) is 137 cm³/mol. The number of benzene rings is 2. The van der Waals surface area contributed by atoms with E-state index in [9.17, 15) is 13.2 Å². The molecule has 2 aromatic carbocycles. The molecule has 2 heterocycles. The summed E-state index contributed by atoms with van der Waals surface area (Å²) in [5.41, 5.74) is 4.52. The van der Waals surface area contributed by atoms with Gasteiger partial charge in [0.15, 0.2) is 0 Å². The molecule has 0 fully saturated rings. The highest BCUT2D eigenvalue weighted by Crippen LogP contribution is 2.41. The molecule has 2 aromatic heterocycles. The number of anilines is 1. The van der Waals surface area contributed by atoms with Gasteiger partial charge in [-0.15, -0.1) is 0 Å². The summed E-state index contributed by atoms with van der Waals surface area (Å²) >= 11 is 0. The lowest BCUT2D eigenvalue weighted by Gasteiger charge is -2.25. The molecule has 176 valence electrons. The number of fused-ring (bicyclic) bond motifs is 1. The summed E-state index contributed by atoms with van der Waals surface area (Å²) in [7, 11) is -1.73. The zero-order valence-electron chi connectivity index (χ0n) is 19.8. The first-order valence-electron chi connectivity index (χ1n) is 10.8. The topological polar surface area (TPSA) is 101 Å². The van der Waals surface area contributed by atoms with E-state index in [0.717, 1.165) is 28.3 Å². The SMILES string of the molecule is COc1c(C(C)(C)C)cc(-c2ccc[nH]c2=O)c2ccc(-c3ccc(NS(C)(=O)=O)cc3)nc12. The molecule has 2 N–H and O–H groups in total. The van der Waals surface area contributed by atoms with Crippen molar-refractivity contribution in [1.29, 1.82) is 0 Å². The van der Waals surface area contributed by atoms with Gasteiger partial charge in [0.05, 0.1) is 19.1 Å². The second-order valence-corrected chi connectivity index (χ2v) is 11.0. The van der Waals surface area contributed by atoms with Gasteiger partial charge in [-0.3, -0.25) is 9.52 Å². The number of hydrogen-bond acceptors (Lipinski definition) is 5. The lowest BCUT2D eigenvalue weighted by Crippen LogP contribution is -2.15. The number of sulfonamides is 1. The third-order valence-electron chi connectivity index (χ3n) is 5.54. The summed E-state index contributed by atoms with van der Waals surface area (Å²) in [5, 5.41) is 0.806. The van der Waals surface area contributed by atoms with Gasteiger partial charge in [-0.2, -0.15) is 0 Å². The first kappa shape index (κ1) is 23.5. The van der Waals surface area contributed by atoms with Crippen LogP contribution in [-0.2, 0) is 15.4 Å². The van der Waals surface area contributed by atoms with Crippen molar-refractivity contribution in [2.45, 2.75) is 26.2 Å². The second-order valence-electron chi connectivity index (χ2n) is 9.21. The van der Waals surface area contributed by atoms with Crippen LogP contribution in [0.2, 0.25) is 0 Å². The van der Waals surface area contributed by atoms with E-state index in [1.807, 2.05) is 30.3 Å². The Morgan fingerprint density at radius 1 is 1.00 bits per heavy atom. The van der Waals surface area contributed by atoms with Gasteiger partial charge in [-0.05, 0) is 53.4 Å². The van der Waals surface area contributed by atoms with E-state index in [4.69, 9.17) is 9.72 Å². The molecule has 8 heteroatoms. The number of aromatic nitrogens is 2. The van der Waals surface area contributed by atoms with Gasteiger partial charge in [0.1, 0.15) is 11.3 Å². The lowest BCUT2D eigenvalue weighted by atomic mass is 9.83. The largest absolute Gasteiger partial charge is 0.494 e. The van der Waals surface area contributed by atoms with E-state index in [1.54, 1.807) is 37.6 Å². The van der Waals surface area contributed by atoms with Crippen LogP contribution >= 0.6 is 0 Å². The van der Waals surface area contributed by atoms with Gasteiger partial charge in [-0.25, -0.2) is 13.4 Å².